The first-order valence-electron chi connectivity index (χ1n) is 11.5. The van der Waals surface area contributed by atoms with Gasteiger partial charge in [-0.25, -0.2) is 9.78 Å². The van der Waals surface area contributed by atoms with Crippen molar-refractivity contribution in [1.29, 1.82) is 0 Å². The molecule has 2 heterocycles. The number of hydrogen-bond donors (Lipinski definition) is 1. The molecule has 1 aliphatic carbocycles. The lowest BCUT2D eigenvalue weighted by Gasteiger charge is -2.30. The average molecular weight is 444 g/mol. The van der Waals surface area contributed by atoms with Gasteiger partial charge in [0.15, 0.2) is 0 Å². The second-order valence-electron chi connectivity index (χ2n) is 10.0. The van der Waals surface area contributed by atoms with Gasteiger partial charge < -0.3 is 14.6 Å². The Hall–Kier alpha value is -3.41. The van der Waals surface area contributed by atoms with E-state index in [1.165, 1.54) is 16.7 Å². The number of ether oxygens (including phenoxy) is 1. The van der Waals surface area contributed by atoms with Crippen LogP contribution in [0.25, 0.3) is 11.1 Å². The van der Waals surface area contributed by atoms with Crippen molar-refractivity contribution < 1.29 is 9.53 Å². The highest BCUT2D eigenvalue weighted by Gasteiger charge is 2.48. The number of benzene rings is 2. The summed E-state index contributed by atoms with van der Waals surface area (Å²) in [5.41, 5.74) is 3.93. The highest BCUT2D eigenvalue weighted by atomic mass is 16.6. The maximum atomic E-state index is 13.0. The Morgan fingerprint density at radius 1 is 1.03 bits per heavy atom. The second kappa shape index (κ2) is 7.87. The molecule has 0 unspecified atom stereocenters. The summed E-state index contributed by atoms with van der Waals surface area (Å²) >= 11 is 0. The van der Waals surface area contributed by atoms with Gasteiger partial charge in [-0.3, -0.25) is 4.79 Å². The van der Waals surface area contributed by atoms with Crippen molar-refractivity contribution in [1.82, 2.24) is 14.9 Å². The zero-order valence-corrected chi connectivity index (χ0v) is 19.4. The van der Waals surface area contributed by atoms with E-state index >= 15 is 0 Å². The van der Waals surface area contributed by atoms with Crippen LogP contribution in [-0.4, -0.2) is 33.1 Å². The van der Waals surface area contributed by atoms with Crippen molar-refractivity contribution in [3.8, 4) is 11.1 Å². The van der Waals surface area contributed by atoms with E-state index in [2.05, 4.69) is 41.4 Å². The SMILES string of the molecule is CC(C)(C)OC(=O)N1CCc2nc(C3(c4ccc(-c5ccccc5)cc4)CC3)[nH]c(=O)c2C1. The van der Waals surface area contributed by atoms with E-state index < -0.39 is 11.7 Å². The van der Waals surface area contributed by atoms with E-state index in [9.17, 15) is 9.59 Å². The second-order valence-corrected chi connectivity index (χ2v) is 10.0. The van der Waals surface area contributed by atoms with Crippen molar-refractivity contribution in [2.75, 3.05) is 6.54 Å². The first-order chi connectivity index (χ1) is 15.7. The number of hydrogen-bond acceptors (Lipinski definition) is 4. The third-order valence-electron chi connectivity index (χ3n) is 6.47. The number of fused-ring (bicyclic) bond motifs is 1. The number of aromatic amines is 1. The standard InChI is InChI=1S/C27H29N3O3/c1-26(2,3)33-25(32)30-16-13-22-21(17-30)23(31)29-24(28-22)27(14-15-27)20-11-9-19(10-12-20)18-7-5-4-6-8-18/h4-12H,13-17H2,1-3H3,(H,28,29,31). The summed E-state index contributed by atoms with van der Waals surface area (Å²) < 4.78 is 5.47. The molecule has 6 nitrogen and oxygen atoms in total. The molecular formula is C27H29N3O3. The number of nitrogens with zero attached hydrogens (tertiary/aromatic N) is 2. The maximum Gasteiger partial charge on any atom is 0.410 e. The lowest BCUT2D eigenvalue weighted by atomic mass is 9.92. The number of carbonyl (C=O) groups excluding carboxylic acids is 1. The van der Waals surface area contributed by atoms with Crippen LogP contribution in [-0.2, 0) is 23.1 Å². The van der Waals surface area contributed by atoms with E-state index in [0.717, 1.165) is 24.4 Å². The summed E-state index contributed by atoms with van der Waals surface area (Å²) in [6.45, 7) is 6.24. The summed E-state index contributed by atoms with van der Waals surface area (Å²) in [7, 11) is 0. The molecule has 0 saturated heterocycles. The van der Waals surface area contributed by atoms with Crippen molar-refractivity contribution in [3.05, 3.63) is 87.6 Å². The Balaban J connectivity index is 1.40. The minimum absolute atomic E-state index is 0.157. The van der Waals surface area contributed by atoms with Crippen LogP contribution in [0.1, 0.15) is 56.3 Å². The first kappa shape index (κ1) is 21.4. The number of amides is 1. The highest BCUT2D eigenvalue weighted by molar-refractivity contribution is 5.68. The Kier molecular flexibility index (Phi) is 5.11. The molecule has 3 aromatic rings. The average Bonchev–Trinajstić information content (AvgIpc) is 3.60. The number of aromatic nitrogens is 2. The van der Waals surface area contributed by atoms with E-state index in [4.69, 9.17) is 9.72 Å². The summed E-state index contributed by atoms with van der Waals surface area (Å²) in [5, 5.41) is 0. The molecule has 0 atom stereocenters. The fourth-order valence-corrected chi connectivity index (χ4v) is 4.53. The van der Waals surface area contributed by atoms with Gasteiger partial charge in [0.1, 0.15) is 11.4 Å². The van der Waals surface area contributed by atoms with Gasteiger partial charge in [0.25, 0.3) is 5.56 Å². The number of rotatable bonds is 3. The van der Waals surface area contributed by atoms with Gasteiger partial charge in [0.05, 0.1) is 23.2 Å². The zero-order valence-electron chi connectivity index (χ0n) is 19.4. The minimum Gasteiger partial charge on any atom is -0.444 e. The molecule has 2 aliphatic rings. The predicted molar refractivity (Wildman–Crippen MR) is 127 cm³/mol. The van der Waals surface area contributed by atoms with Gasteiger partial charge in [-0.2, -0.15) is 0 Å². The number of nitrogens with one attached hydrogen (secondary N) is 1. The predicted octanol–water partition coefficient (Wildman–Crippen LogP) is 4.81. The van der Waals surface area contributed by atoms with Crippen molar-refractivity contribution >= 4 is 6.09 Å². The third kappa shape index (κ3) is 4.17. The Morgan fingerprint density at radius 3 is 2.33 bits per heavy atom. The number of H-pyrrole nitrogens is 1. The van der Waals surface area contributed by atoms with Crippen LogP contribution in [0.15, 0.2) is 59.4 Å². The van der Waals surface area contributed by atoms with Crippen LogP contribution in [0.4, 0.5) is 4.79 Å². The van der Waals surface area contributed by atoms with E-state index in [-0.39, 0.29) is 17.5 Å². The smallest absolute Gasteiger partial charge is 0.410 e. The van der Waals surface area contributed by atoms with Gasteiger partial charge in [-0.1, -0.05) is 54.6 Å². The van der Waals surface area contributed by atoms with E-state index in [1.54, 1.807) is 4.90 Å². The van der Waals surface area contributed by atoms with E-state index in [1.807, 2.05) is 39.0 Å². The molecular weight excluding hydrogens is 414 g/mol. The molecule has 2 aromatic carbocycles. The molecule has 1 fully saturated rings. The third-order valence-corrected chi connectivity index (χ3v) is 6.47. The van der Waals surface area contributed by atoms with Crippen LogP contribution < -0.4 is 5.56 Å². The molecule has 1 aromatic heterocycles. The summed E-state index contributed by atoms with van der Waals surface area (Å²) in [6.07, 6.45) is 2.08. The molecule has 0 bridgehead atoms. The number of carbonyl (C=O) groups is 1. The van der Waals surface area contributed by atoms with Gasteiger partial charge in [0.2, 0.25) is 0 Å². The fourth-order valence-electron chi connectivity index (χ4n) is 4.53. The van der Waals surface area contributed by atoms with Gasteiger partial charge >= 0.3 is 6.09 Å². The largest absolute Gasteiger partial charge is 0.444 e. The van der Waals surface area contributed by atoms with Gasteiger partial charge in [-0.05, 0) is 50.3 Å². The Labute approximate surface area is 193 Å². The monoisotopic (exact) mass is 443 g/mol. The molecule has 0 spiro atoms. The minimum atomic E-state index is -0.569. The summed E-state index contributed by atoms with van der Waals surface area (Å²) in [5.74, 6) is 0.740. The van der Waals surface area contributed by atoms with Crippen molar-refractivity contribution in [2.24, 2.45) is 0 Å². The molecule has 1 saturated carbocycles. The Morgan fingerprint density at radius 2 is 1.70 bits per heavy atom. The van der Waals surface area contributed by atoms with Crippen LogP contribution in [0.2, 0.25) is 0 Å². The van der Waals surface area contributed by atoms with Crippen LogP contribution >= 0.6 is 0 Å². The summed E-state index contributed by atoms with van der Waals surface area (Å²) in [6, 6.07) is 18.9. The zero-order chi connectivity index (χ0) is 23.2. The van der Waals surface area contributed by atoms with Crippen molar-refractivity contribution in [2.45, 2.75) is 57.6 Å². The maximum absolute atomic E-state index is 13.0. The summed E-state index contributed by atoms with van der Waals surface area (Å²) in [4.78, 5) is 35.0. The lowest BCUT2D eigenvalue weighted by Crippen LogP contribution is -2.42. The molecule has 1 aliphatic heterocycles. The molecule has 6 heteroatoms. The normalized spacial score (nSPS) is 16.8. The van der Waals surface area contributed by atoms with Crippen LogP contribution in [0.5, 0.6) is 0 Å². The van der Waals surface area contributed by atoms with Gasteiger partial charge in [0, 0.05) is 13.0 Å². The molecule has 1 N–H and O–H groups in total. The fraction of sp³-hybridized carbons (Fsp3) is 0.370. The molecule has 1 amide bonds. The van der Waals surface area contributed by atoms with Gasteiger partial charge in [-0.15, -0.1) is 0 Å². The topological polar surface area (TPSA) is 75.3 Å². The Bertz CT molecular complexity index is 1240. The van der Waals surface area contributed by atoms with Crippen LogP contribution in [0, 0.1) is 0 Å². The lowest BCUT2D eigenvalue weighted by molar-refractivity contribution is 0.0221. The molecule has 0 radical (unpaired) electrons. The highest BCUT2D eigenvalue weighted by Crippen LogP contribution is 2.52. The first-order valence-corrected chi connectivity index (χ1v) is 11.5. The molecule has 5 rings (SSSR count). The molecule has 33 heavy (non-hydrogen) atoms. The van der Waals surface area contributed by atoms with E-state index in [0.29, 0.717) is 18.5 Å². The van der Waals surface area contributed by atoms with Crippen molar-refractivity contribution in [3.63, 3.8) is 0 Å². The van der Waals surface area contributed by atoms with Crippen LogP contribution in [0.3, 0.4) is 0 Å². The quantitative estimate of drug-likeness (QED) is 0.630. The molecule has 170 valence electrons.